The van der Waals surface area contributed by atoms with Gasteiger partial charge in [-0.15, -0.1) is 0 Å². The SMILES string of the molecule is N#C[C@H](Cc1ccc(-c2ccc3c(c2)C2(CN(C4COC4)C2)OC3)cc1F)NC(=O)[C@@H]1CNCCCO1. The topological polar surface area (TPSA) is 95.9 Å². The van der Waals surface area contributed by atoms with Crippen molar-refractivity contribution < 1.29 is 23.4 Å². The van der Waals surface area contributed by atoms with Gasteiger partial charge in [0.15, 0.2) is 0 Å². The number of fused-ring (bicyclic) bond motifs is 2. The van der Waals surface area contributed by atoms with E-state index in [-0.39, 0.29) is 17.9 Å². The minimum Gasteiger partial charge on any atom is -0.378 e. The number of benzene rings is 2. The van der Waals surface area contributed by atoms with Crippen LogP contribution in [0.4, 0.5) is 4.39 Å². The largest absolute Gasteiger partial charge is 0.378 e. The zero-order valence-corrected chi connectivity index (χ0v) is 20.7. The number of nitriles is 1. The highest BCUT2D eigenvalue weighted by Gasteiger charge is 2.52. The van der Waals surface area contributed by atoms with Gasteiger partial charge in [0.1, 0.15) is 23.6 Å². The third kappa shape index (κ3) is 4.76. The number of halogens is 1. The summed E-state index contributed by atoms with van der Waals surface area (Å²) in [4.78, 5) is 15.0. The first-order valence-electron chi connectivity index (χ1n) is 12.9. The van der Waals surface area contributed by atoms with Gasteiger partial charge in [-0.3, -0.25) is 9.69 Å². The molecule has 0 saturated carbocycles. The lowest BCUT2D eigenvalue weighted by atomic mass is 9.82. The fraction of sp³-hybridized carbons (Fsp3) is 0.500. The Morgan fingerprint density at radius 3 is 2.81 bits per heavy atom. The van der Waals surface area contributed by atoms with Gasteiger partial charge < -0.3 is 24.8 Å². The van der Waals surface area contributed by atoms with Crippen molar-refractivity contribution in [1.82, 2.24) is 15.5 Å². The lowest BCUT2D eigenvalue weighted by Gasteiger charge is -2.53. The highest BCUT2D eigenvalue weighted by Crippen LogP contribution is 2.46. The Kier molecular flexibility index (Phi) is 6.69. The van der Waals surface area contributed by atoms with Crippen LogP contribution in [-0.2, 0) is 37.6 Å². The van der Waals surface area contributed by atoms with E-state index in [0.29, 0.717) is 31.4 Å². The quantitative estimate of drug-likeness (QED) is 0.618. The molecule has 6 rings (SSSR count). The van der Waals surface area contributed by atoms with Crippen LogP contribution in [0.5, 0.6) is 0 Å². The smallest absolute Gasteiger partial charge is 0.251 e. The first kappa shape index (κ1) is 24.5. The molecule has 9 heteroatoms. The summed E-state index contributed by atoms with van der Waals surface area (Å²) in [5.41, 5.74) is 4.18. The van der Waals surface area contributed by atoms with E-state index in [1.54, 1.807) is 6.07 Å². The molecule has 2 aromatic carbocycles. The third-order valence-corrected chi connectivity index (χ3v) is 7.88. The maximum Gasteiger partial charge on any atom is 0.251 e. The van der Waals surface area contributed by atoms with E-state index < -0.39 is 18.0 Å². The summed E-state index contributed by atoms with van der Waals surface area (Å²) < 4.78 is 32.3. The fourth-order valence-electron chi connectivity index (χ4n) is 5.55. The highest BCUT2D eigenvalue weighted by molar-refractivity contribution is 5.81. The fourth-order valence-corrected chi connectivity index (χ4v) is 5.55. The van der Waals surface area contributed by atoms with E-state index in [9.17, 15) is 10.1 Å². The van der Waals surface area contributed by atoms with Crippen LogP contribution in [0, 0.1) is 17.1 Å². The van der Waals surface area contributed by atoms with Gasteiger partial charge in [0.2, 0.25) is 0 Å². The molecule has 2 aromatic rings. The van der Waals surface area contributed by atoms with Crippen LogP contribution in [0.1, 0.15) is 23.1 Å². The third-order valence-electron chi connectivity index (χ3n) is 7.88. The molecule has 3 saturated heterocycles. The molecular weight excluding hydrogens is 475 g/mol. The molecular formula is C28H31FN4O4. The number of ether oxygens (including phenoxy) is 3. The molecule has 8 nitrogen and oxygen atoms in total. The second kappa shape index (κ2) is 10.1. The average Bonchev–Trinajstić information content (AvgIpc) is 3.02. The van der Waals surface area contributed by atoms with Crippen LogP contribution in [0.25, 0.3) is 11.1 Å². The normalized spacial score (nSPS) is 23.8. The first-order valence-corrected chi connectivity index (χ1v) is 12.9. The Bertz CT molecular complexity index is 1210. The van der Waals surface area contributed by atoms with E-state index in [2.05, 4.69) is 33.7 Å². The van der Waals surface area contributed by atoms with Gasteiger partial charge in [-0.1, -0.05) is 24.3 Å². The van der Waals surface area contributed by atoms with Gasteiger partial charge >= 0.3 is 0 Å². The van der Waals surface area contributed by atoms with E-state index in [1.807, 2.05) is 12.1 Å². The number of hydrogen-bond acceptors (Lipinski definition) is 7. The molecule has 0 aliphatic carbocycles. The van der Waals surface area contributed by atoms with Gasteiger partial charge in [-0.05, 0) is 52.9 Å². The lowest BCUT2D eigenvalue weighted by Crippen LogP contribution is -2.66. The number of nitrogens with zero attached hydrogens (tertiary/aromatic N) is 2. The van der Waals surface area contributed by atoms with Crippen molar-refractivity contribution in [2.24, 2.45) is 0 Å². The monoisotopic (exact) mass is 506 g/mol. The maximum atomic E-state index is 15.2. The second-order valence-corrected chi connectivity index (χ2v) is 10.4. The van der Waals surface area contributed by atoms with Crippen LogP contribution >= 0.6 is 0 Å². The maximum absolute atomic E-state index is 15.2. The van der Waals surface area contributed by atoms with Gasteiger partial charge in [-0.2, -0.15) is 5.26 Å². The summed E-state index contributed by atoms with van der Waals surface area (Å²) in [6.45, 7) is 5.56. The Balaban J connectivity index is 1.14. The van der Waals surface area contributed by atoms with Gasteiger partial charge in [0, 0.05) is 32.7 Å². The molecule has 0 bridgehead atoms. The number of amides is 1. The molecule has 194 valence electrons. The summed E-state index contributed by atoms with van der Waals surface area (Å²) >= 11 is 0. The number of carbonyl (C=O) groups excluding carboxylic acids is 1. The first-order chi connectivity index (χ1) is 18.0. The van der Waals surface area contributed by atoms with Crippen molar-refractivity contribution >= 4 is 5.91 Å². The molecule has 3 fully saturated rings. The predicted octanol–water partition coefficient (Wildman–Crippen LogP) is 1.86. The summed E-state index contributed by atoms with van der Waals surface area (Å²) in [5, 5.41) is 15.4. The number of likely N-dealkylation sites (tertiary alicyclic amines) is 1. The number of hydrogen-bond donors (Lipinski definition) is 2. The molecule has 0 unspecified atom stereocenters. The van der Waals surface area contributed by atoms with Gasteiger partial charge in [0.25, 0.3) is 5.91 Å². The van der Waals surface area contributed by atoms with E-state index in [4.69, 9.17) is 14.2 Å². The molecule has 2 N–H and O–H groups in total. The molecule has 0 aromatic heterocycles. The zero-order valence-electron chi connectivity index (χ0n) is 20.7. The number of rotatable bonds is 6. The van der Waals surface area contributed by atoms with E-state index in [1.165, 1.54) is 17.2 Å². The van der Waals surface area contributed by atoms with Crippen LogP contribution in [0.2, 0.25) is 0 Å². The summed E-state index contributed by atoms with van der Waals surface area (Å²) in [6.07, 6.45) is 0.258. The molecule has 4 aliphatic rings. The summed E-state index contributed by atoms with van der Waals surface area (Å²) in [5.74, 6) is -0.752. The molecule has 0 radical (unpaired) electrons. The van der Waals surface area contributed by atoms with Crippen LogP contribution < -0.4 is 10.6 Å². The van der Waals surface area contributed by atoms with E-state index in [0.717, 1.165) is 50.4 Å². The molecule has 2 atom stereocenters. The van der Waals surface area contributed by atoms with Crippen molar-refractivity contribution in [3.63, 3.8) is 0 Å². The minimum absolute atomic E-state index is 0.0797. The number of nitrogens with one attached hydrogen (secondary N) is 2. The molecule has 4 heterocycles. The van der Waals surface area contributed by atoms with Crippen LogP contribution in [-0.4, -0.2) is 75.0 Å². The predicted molar refractivity (Wildman–Crippen MR) is 133 cm³/mol. The Morgan fingerprint density at radius 2 is 2.05 bits per heavy atom. The van der Waals surface area contributed by atoms with Gasteiger partial charge in [-0.25, -0.2) is 4.39 Å². The van der Waals surface area contributed by atoms with Crippen molar-refractivity contribution in [3.05, 3.63) is 58.9 Å². The zero-order chi connectivity index (χ0) is 25.4. The van der Waals surface area contributed by atoms with Crippen molar-refractivity contribution in [2.45, 2.75) is 43.2 Å². The van der Waals surface area contributed by atoms with Crippen LogP contribution in [0.15, 0.2) is 36.4 Å². The minimum atomic E-state index is -0.848. The summed E-state index contributed by atoms with van der Waals surface area (Å²) in [7, 11) is 0. The lowest BCUT2D eigenvalue weighted by molar-refractivity contribution is -0.191. The van der Waals surface area contributed by atoms with Crippen molar-refractivity contribution in [3.8, 4) is 17.2 Å². The Morgan fingerprint density at radius 1 is 1.24 bits per heavy atom. The van der Waals surface area contributed by atoms with Crippen LogP contribution in [0.3, 0.4) is 0 Å². The highest BCUT2D eigenvalue weighted by atomic mass is 19.1. The Labute approximate surface area is 215 Å². The average molecular weight is 507 g/mol. The molecule has 1 amide bonds. The van der Waals surface area contributed by atoms with Crippen molar-refractivity contribution in [2.75, 3.05) is 46.0 Å². The molecule has 37 heavy (non-hydrogen) atoms. The standard InChI is InChI=1S/C28H31FN4O4/c29-25-10-19(2-4-20(25)8-22(11-30)32-27(34)26-12-31-6-1-7-36-26)18-3-5-21-13-37-28(24(21)9-18)16-33(17-28)23-14-35-15-23/h2-5,9-10,22-23,26,31H,1,6-8,12-17H2,(H,32,34)/t22-,26-/m0/s1. The second-order valence-electron chi connectivity index (χ2n) is 10.4. The van der Waals surface area contributed by atoms with Gasteiger partial charge in [0.05, 0.1) is 31.9 Å². The number of carbonyl (C=O) groups is 1. The summed E-state index contributed by atoms with van der Waals surface area (Å²) in [6, 6.07) is 13.0. The Hall–Kier alpha value is -2.87. The van der Waals surface area contributed by atoms with Crippen molar-refractivity contribution in [1.29, 1.82) is 5.26 Å². The molecule has 4 aliphatic heterocycles. The van der Waals surface area contributed by atoms with E-state index >= 15 is 4.39 Å². The molecule has 1 spiro atoms.